The van der Waals surface area contributed by atoms with Crippen molar-refractivity contribution in [3.63, 3.8) is 0 Å². The molecule has 0 aliphatic rings. The summed E-state index contributed by atoms with van der Waals surface area (Å²) >= 11 is 0. The second kappa shape index (κ2) is 9.72. The molecule has 27 heavy (non-hydrogen) atoms. The van der Waals surface area contributed by atoms with E-state index in [1.807, 2.05) is 72.8 Å². The maximum Gasteiger partial charge on any atom is 0.324 e. The molecule has 4 heteroatoms. The fourth-order valence-electron chi connectivity index (χ4n) is 2.97. The van der Waals surface area contributed by atoms with E-state index in [0.29, 0.717) is 0 Å². The largest absolute Gasteiger partial charge is 0.465 e. The van der Waals surface area contributed by atoms with Gasteiger partial charge in [-0.3, -0.25) is 9.59 Å². The maximum absolute atomic E-state index is 12.9. The molecule has 0 aliphatic carbocycles. The van der Waals surface area contributed by atoms with Crippen molar-refractivity contribution in [3.05, 3.63) is 77.9 Å². The van der Waals surface area contributed by atoms with E-state index in [4.69, 9.17) is 9.47 Å². The van der Waals surface area contributed by atoms with E-state index in [1.165, 1.54) is 0 Å². The van der Waals surface area contributed by atoms with Gasteiger partial charge >= 0.3 is 11.9 Å². The first-order valence-electron chi connectivity index (χ1n) is 9.16. The van der Waals surface area contributed by atoms with Crippen molar-refractivity contribution in [2.75, 3.05) is 13.2 Å². The van der Waals surface area contributed by atoms with Crippen molar-refractivity contribution in [2.45, 2.75) is 26.7 Å². The summed E-state index contributed by atoms with van der Waals surface area (Å²) in [6.45, 7) is 5.42. The number of rotatable bonds is 8. The minimum atomic E-state index is -1.49. The topological polar surface area (TPSA) is 52.6 Å². The Morgan fingerprint density at radius 3 is 1.85 bits per heavy atom. The molecule has 2 rings (SSSR count). The summed E-state index contributed by atoms with van der Waals surface area (Å²) in [5.74, 6) is -1.71. The smallest absolute Gasteiger partial charge is 0.324 e. The van der Waals surface area contributed by atoms with Crippen molar-refractivity contribution >= 4 is 18.0 Å². The SMILES string of the molecule is CCOC(=O)C(C)(C(=O)OCC)C(/C=C/c1ccccc1)c1ccccc1. The van der Waals surface area contributed by atoms with Crippen molar-refractivity contribution in [1.82, 2.24) is 0 Å². The van der Waals surface area contributed by atoms with Crippen LogP contribution in [0.25, 0.3) is 6.08 Å². The highest BCUT2D eigenvalue weighted by Crippen LogP contribution is 2.40. The van der Waals surface area contributed by atoms with Crippen LogP contribution in [0.1, 0.15) is 37.8 Å². The molecule has 1 unspecified atom stereocenters. The molecule has 0 aromatic heterocycles. The van der Waals surface area contributed by atoms with Crippen LogP contribution in [0.3, 0.4) is 0 Å². The molecule has 4 nitrogen and oxygen atoms in total. The molecule has 1 atom stereocenters. The fraction of sp³-hybridized carbons (Fsp3) is 0.304. The van der Waals surface area contributed by atoms with Gasteiger partial charge in [0.25, 0.3) is 0 Å². The van der Waals surface area contributed by atoms with Gasteiger partial charge in [0.2, 0.25) is 0 Å². The summed E-state index contributed by atoms with van der Waals surface area (Å²) in [5.41, 5.74) is 0.334. The van der Waals surface area contributed by atoms with Crippen LogP contribution in [0, 0.1) is 5.41 Å². The summed E-state index contributed by atoms with van der Waals surface area (Å²) in [4.78, 5) is 25.7. The molecular formula is C23H26O4. The Bertz CT molecular complexity index is 747. The monoisotopic (exact) mass is 366 g/mol. The van der Waals surface area contributed by atoms with Gasteiger partial charge < -0.3 is 9.47 Å². The highest BCUT2D eigenvalue weighted by molar-refractivity contribution is 6.01. The zero-order valence-electron chi connectivity index (χ0n) is 16.1. The van der Waals surface area contributed by atoms with E-state index in [2.05, 4.69) is 0 Å². The standard InChI is InChI=1S/C23H26O4/c1-4-26-21(24)23(3,22(25)27-5-2)20(19-14-10-7-11-15-19)17-16-18-12-8-6-9-13-18/h6-17,20H,4-5H2,1-3H3/b17-16+. The van der Waals surface area contributed by atoms with Gasteiger partial charge in [-0.2, -0.15) is 0 Å². The number of benzene rings is 2. The van der Waals surface area contributed by atoms with Gasteiger partial charge in [0, 0.05) is 5.92 Å². The van der Waals surface area contributed by atoms with Crippen molar-refractivity contribution in [2.24, 2.45) is 5.41 Å². The maximum atomic E-state index is 12.9. The average molecular weight is 366 g/mol. The van der Waals surface area contributed by atoms with Crippen molar-refractivity contribution < 1.29 is 19.1 Å². The zero-order valence-corrected chi connectivity index (χ0v) is 16.1. The van der Waals surface area contributed by atoms with Gasteiger partial charge in [0.05, 0.1) is 13.2 Å². The minimum Gasteiger partial charge on any atom is -0.465 e. The molecule has 2 aromatic rings. The Morgan fingerprint density at radius 2 is 1.37 bits per heavy atom. The lowest BCUT2D eigenvalue weighted by molar-refractivity contribution is -0.171. The van der Waals surface area contributed by atoms with E-state index >= 15 is 0 Å². The Morgan fingerprint density at radius 1 is 0.889 bits per heavy atom. The van der Waals surface area contributed by atoms with Crippen LogP contribution in [0.2, 0.25) is 0 Å². The molecule has 0 heterocycles. The third-order valence-corrected chi connectivity index (χ3v) is 4.46. The molecule has 2 aromatic carbocycles. The molecule has 0 bridgehead atoms. The van der Waals surface area contributed by atoms with Crippen LogP contribution in [0.4, 0.5) is 0 Å². The summed E-state index contributed by atoms with van der Waals surface area (Å²) in [5, 5.41) is 0. The van der Waals surface area contributed by atoms with Gasteiger partial charge in [-0.05, 0) is 31.9 Å². The molecular weight excluding hydrogens is 340 g/mol. The molecule has 0 saturated carbocycles. The van der Waals surface area contributed by atoms with Crippen LogP contribution in [-0.2, 0) is 19.1 Å². The van der Waals surface area contributed by atoms with Crippen LogP contribution in [0.15, 0.2) is 66.7 Å². The third kappa shape index (κ3) is 4.85. The van der Waals surface area contributed by atoms with E-state index in [-0.39, 0.29) is 13.2 Å². The van der Waals surface area contributed by atoms with E-state index in [9.17, 15) is 9.59 Å². The lowest BCUT2D eigenvalue weighted by Crippen LogP contribution is -2.44. The Kier molecular flexibility index (Phi) is 7.35. The molecule has 142 valence electrons. The second-order valence-corrected chi connectivity index (χ2v) is 6.30. The van der Waals surface area contributed by atoms with Crippen LogP contribution < -0.4 is 0 Å². The number of carbonyl (C=O) groups excluding carboxylic acids is 2. The van der Waals surface area contributed by atoms with Crippen LogP contribution in [0.5, 0.6) is 0 Å². The van der Waals surface area contributed by atoms with Crippen molar-refractivity contribution in [3.8, 4) is 0 Å². The summed E-state index contributed by atoms with van der Waals surface area (Å²) < 4.78 is 10.5. The normalized spacial score (nSPS) is 12.6. The average Bonchev–Trinajstić information content (AvgIpc) is 2.69. The highest BCUT2D eigenvalue weighted by Gasteiger charge is 2.50. The minimum absolute atomic E-state index is 0.192. The number of hydrogen-bond donors (Lipinski definition) is 0. The predicted octanol–water partition coefficient (Wildman–Crippen LogP) is 4.62. The lowest BCUT2D eigenvalue weighted by atomic mass is 9.72. The van der Waals surface area contributed by atoms with E-state index in [0.717, 1.165) is 11.1 Å². The summed E-state index contributed by atoms with van der Waals surface area (Å²) in [6, 6.07) is 19.2. The molecule has 0 aliphatic heterocycles. The molecule has 0 N–H and O–H groups in total. The zero-order chi connectivity index (χ0) is 19.7. The first-order valence-corrected chi connectivity index (χ1v) is 9.16. The number of carbonyl (C=O) groups is 2. The van der Waals surface area contributed by atoms with Gasteiger partial charge in [-0.1, -0.05) is 72.8 Å². The number of esters is 2. The second-order valence-electron chi connectivity index (χ2n) is 6.30. The Labute approximate surface area is 160 Å². The van der Waals surface area contributed by atoms with Gasteiger partial charge in [-0.25, -0.2) is 0 Å². The van der Waals surface area contributed by atoms with E-state index in [1.54, 1.807) is 20.8 Å². The highest BCUT2D eigenvalue weighted by atomic mass is 16.6. The third-order valence-electron chi connectivity index (χ3n) is 4.46. The van der Waals surface area contributed by atoms with Gasteiger partial charge in [0.15, 0.2) is 5.41 Å². The molecule has 0 fully saturated rings. The first-order chi connectivity index (χ1) is 13.0. The summed E-state index contributed by atoms with van der Waals surface area (Å²) in [6.07, 6.45) is 3.78. The quantitative estimate of drug-likeness (QED) is 0.505. The number of hydrogen-bond acceptors (Lipinski definition) is 4. The Balaban J connectivity index is 2.54. The fourth-order valence-corrected chi connectivity index (χ4v) is 2.97. The van der Waals surface area contributed by atoms with E-state index < -0.39 is 23.3 Å². The van der Waals surface area contributed by atoms with Gasteiger partial charge in [0.1, 0.15) is 0 Å². The molecule has 0 spiro atoms. The molecule has 0 saturated heterocycles. The molecule has 0 amide bonds. The summed E-state index contributed by atoms with van der Waals surface area (Å²) in [7, 11) is 0. The number of allylic oxidation sites excluding steroid dienone is 1. The first kappa shape index (κ1) is 20.4. The van der Waals surface area contributed by atoms with Gasteiger partial charge in [-0.15, -0.1) is 0 Å². The predicted molar refractivity (Wildman–Crippen MR) is 106 cm³/mol. The number of ether oxygens (including phenoxy) is 2. The van der Waals surface area contributed by atoms with Crippen LogP contribution in [-0.4, -0.2) is 25.2 Å². The molecule has 0 radical (unpaired) electrons. The Hall–Kier alpha value is -2.88. The van der Waals surface area contributed by atoms with Crippen LogP contribution >= 0.6 is 0 Å². The van der Waals surface area contributed by atoms with Crippen molar-refractivity contribution in [1.29, 1.82) is 0 Å². The lowest BCUT2D eigenvalue weighted by Gasteiger charge is -2.32.